The first-order chi connectivity index (χ1) is 17.7. The minimum absolute atomic E-state index is 0.112. The summed E-state index contributed by atoms with van der Waals surface area (Å²) in [4.78, 5) is 32.3. The van der Waals surface area contributed by atoms with Crippen molar-refractivity contribution in [2.45, 2.75) is 66.2 Å². The Morgan fingerprint density at radius 1 is 1.16 bits per heavy atom. The molecule has 1 amide bonds. The minimum Gasteiger partial charge on any atom is -0.452 e. The van der Waals surface area contributed by atoms with Gasteiger partial charge in [-0.2, -0.15) is 5.26 Å². The standard InChI is InChI=1S/C30H33N3O3S/c1-17-9-11-19-22(15-31)28(37-25(19)13-17)33-26(34)16-36-29(35)27-20-7-5-6-8-23(20)32-24-12-10-18(14-21(24)27)30(2,3)4/h5-8,17-18H,9-14,16H2,1-4H3,(H,33,34). The number of rotatable bonds is 4. The van der Waals surface area contributed by atoms with Crippen molar-refractivity contribution in [1.82, 2.24) is 4.98 Å². The molecule has 0 spiro atoms. The minimum atomic E-state index is -0.501. The van der Waals surface area contributed by atoms with E-state index < -0.39 is 18.5 Å². The lowest BCUT2D eigenvalue weighted by Gasteiger charge is -2.35. The van der Waals surface area contributed by atoms with Crippen LogP contribution in [-0.2, 0) is 35.2 Å². The van der Waals surface area contributed by atoms with Gasteiger partial charge < -0.3 is 10.1 Å². The highest BCUT2D eigenvalue weighted by Gasteiger charge is 2.33. The lowest BCUT2D eigenvalue weighted by molar-refractivity contribution is -0.119. The Bertz CT molecular complexity index is 1430. The first-order valence-corrected chi connectivity index (χ1v) is 13.9. The molecule has 0 bridgehead atoms. The highest BCUT2D eigenvalue weighted by atomic mass is 32.1. The first-order valence-electron chi connectivity index (χ1n) is 13.1. The van der Waals surface area contributed by atoms with Crippen LogP contribution in [0, 0.1) is 28.6 Å². The van der Waals surface area contributed by atoms with Gasteiger partial charge in [-0.15, -0.1) is 11.3 Å². The molecule has 192 valence electrons. The number of amides is 1. The van der Waals surface area contributed by atoms with E-state index in [0.29, 0.717) is 28.0 Å². The van der Waals surface area contributed by atoms with E-state index in [4.69, 9.17) is 9.72 Å². The molecule has 7 heteroatoms. The summed E-state index contributed by atoms with van der Waals surface area (Å²) < 4.78 is 5.59. The van der Waals surface area contributed by atoms with Crippen molar-refractivity contribution < 1.29 is 14.3 Å². The van der Waals surface area contributed by atoms with Gasteiger partial charge in [0, 0.05) is 16.0 Å². The zero-order valence-corrected chi connectivity index (χ0v) is 22.8. The van der Waals surface area contributed by atoms with Crippen LogP contribution in [0.25, 0.3) is 10.9 Å². The molecule has 2 unspecified atom stereocenters. The molecule has 0 saturated heterocycles. The predicted molar refractivity (Wildman–Crippen MR) is 146 cm³/mol. The summed E-state index contributed by atoms with van der Waals surface area (Å²) in [7, 11) is 0. The van der Waals surface area contributed by atoms with Crippen LogP contribution in [-0.4, -0.2) is 23.5 Å². The number of hydrogen-bond acceptors (Lipinski definition) is 6. The molecule has 1 aromatic carbocycles. The highest BCUT2D eigenvalue weighted by Crippen LogP contribution is 2.40. The number of esters is 1. The van der Waals surface area contributed by atoms with Crippen molar-refractivity contribution in [1.29, 1.82) is 5.26 Å². The van der Waals surface area contributed by atoms with Crippen molar-refractivity contribution in [2.24, 2.45) is 17.3 Å². The third-order valence-electron chi connectivity index (χ3n) is 7.90. The van der Waals surface area contributed by atoms with Gasteiger partial charge in [-0.3, -0.25) is 9.78 Å². The molecule has 2 aliphatic carbocycles. The number of nitrogens with one attached hydrogen (secondary N) is 1. The lowest BCUT2D eigenvalue weighted by atomic mass is 9.70. The number of fused-ring (bicyclic) bond motifs is 3. The van der Waals surface area contributed by atoms with Gasteiger partial charge in [-0.25, -0.2) is 4.79 Å². The van der Waals surface area contributed by atoms with Crippen molar-refractivity contribution in [3.05, 3.63) is 57.1 Å². The van der Waals surface area contributed by atoms with Gasteiger partial charge in [-0.1, -0.05) is 45.9 Å². The Hall–Kier alpha value is -3.24. The fourth-order valence-corrected chi connectivity index (χ4v) is 7.06. The third kappa shape index (κ3) is 5.00. The van der Waals surface area contributed by atoms with Crippen molar-refractivity contribution in [3.8, 4) is 6.07 Å². The SMILES string of the molecule is CC1CCc2c(sc(NC(=O)COC(=O)c3c4c(nc5ccccc35)CCC(C(C)(C)C)C4)c2C#N)C1. The molecular formula is C30H33N3O3S. The van der Waals surface area contributed by atoms with Gasteiger partial charge in [0.05, 0.1) is 16.6 Å². The Balaban J connectivity index is 1.37. The van der Waals surface area contributed by atoms with E-state index in [9.17, 15) is 14.9 Å². The van der Waals surface area contributed by atoms with Crippen LogP contribution < -0.4 is 5.32 Å². The summed E-state index contributed by atoms with van der Waals surface area (Å²) in [5.41, 5.74) is 4.91. The largest absolute Gasteiger partial charge is 0.452 e. The van der Waals surface area contributed by atoms with E-state index in [1.807, 2.05) is 24.3 Å². The van der Waals surface area contributed by atoms with Crippen LogP contribution in [0.1, 0.15) is 78.2 Å². The number of carbonyl (C=O) groups is 2. The second-order valence-corrected chi connectivity index (χ2v) is 12.6. The molecule has 3 aromatic rings. The van der Waals surface area contributed by atoms with E-state index in [-0.39, 0.29) is 5.41 Å². The lowest BCUT2D eigenvalue weighted by Crippen LogP contribution is -2.29. The Morgan fingerprint density at radius 3 is 2.70 bits per heavy atom. The molecule has 2 heterocycles. The molecule has 37 heavy (non-hydrogen) atoms. The van der Waals surface area contributed by atoms with E-state index in [1.165, 1.54) is 16.2 Å². The summed E-state index contributed by atoms with van der Waals surface area (Å²) in [6.07, 6.45) is 5.44. The van der Waals surface area contributed by atoms with Crippen LogP contribution in [0.4, 0.5) is 5.00 Å². The number of ether oxygens (including phenoxy) is 1. The van der Waals surface area contributed by atoms with Crippen LogP contribution in [0.15, 0.2) is 24.3 Å². The number of aryl methyl sites for hydroxylation is 1. The molecule has 1 N–H and O–H groups in total. The zero-order chi connectivity index (χ0) is 26.3. The normalized spacial score (nSPS) is 19.0. The summed E-state index contributed by atoms with van der Waals surface area (Å²) in [5, 5.41) is 13.9. The van der Waals surface area contributed by atoms with Crippen molar-refractivity contribution in [3.63, 3.8) is 0 Å². The number of nitriles is 1. The van der Waals surface area contributed by atoms with Crippen LogP contribution >= 0.6 is 11.3 Å². The molecule has 5 rings (SSSR count). The number of nitrogens with zero attached hydrogens (tertiary/aromatic N) is 2. The summed E-state index contributed by atoms with van der Waals surface area (Å²) >= 11 is 1.47. The maximum absolute atomic E-state index is 13.5. The van der Waals surface area contributed by atoms with Gasteiger partial charge >= 0.3 is 5.97 Å². The smallest absolute Gasteiger partial charge is 0.339 e. The Morgan fingerprint density at radius 2 is 1.95 bits per heavy atom. The Kier molecular flexibility index (Phi) is 6.80. The number of carbonyl (C=O) groups excluding carboxylic acids is 2. The van der Waals surface area contributed by atoms with E-state index in [2.05, 4.69) is 39.1 Å². The number of benzene rings is 1. The molecule has 2 aliphatic rings. The molecule has 0 aliphatic heterocycles. The van der Waals surface area contributed by atoms with Gasteiger partial charge in [0.15, 0.2) is 6.61 Å². The van der Waals surface area contributed by atoms with Gasteiger partial charge in [0.25, 0.3) is 5.91 Å². The number of aromatic nitrogens is 1. The maximum Gasteiger partial charge on any atom is 0.339 e. The molecule has 2 aromatic heterocycles. The van der Waals surface area contributed by atoms with Gasteiger partial charge in [0.1, 0.15) is 11.1 Å². The fraction of sp³-hybridized carbons (Fsp3) is 0.467. The van der Waals surface area contributed by atoms with Gasteiger partial charge in [0.2, 0.25) is 0 Å². The summed E-state index contributed by atoms with van der Waals surface area (Å²) in [5.74, 6) is 0.0617. The topological polar surface area (TPSA) is 92.1 Å². The maximum atomic E-state index is 13.5. The molecule has 2 atom stereocenters. The quantitative estimate of drug-likeness (QED) is 0.415. The number of hydrogen-bond donors (Lipinski definition) is 1. The van der Waals surface area contributed by atoms with Crippen LogP contribution in [0.3, 0.4) is 0 Å². The van der Waals surface area contributed by atoms with Crippen LogP contribution in [0.5, 0.6) is 0 Å². The zero-order valence-electron chi connectivity index (χ0n) is 21.9. The van der Waals surface area contributed by atoms with Crippen molar-refractivity contribution in [2.75, 3.05) is 11.9 Å². The summed E-state index contributed by atoms with van der Waals surface area (Å²) in [6.45, 7) is 8.50. The Labute approximate surface area is 222 Å². The molecular weight excluding hydrogens is 482 g/mol. The monoisotopic (exact) mass is 515 g/mol. The fourth-order valence-electron chi connectivity index (χ4n) is 5.68. The average Bonchev–Trinajstić information content (AvgIpc) is 3.20. The highest BCUT2D eigenvalue weighted by molar-refractivity contribution is 7.16. The molecule has 0 saturated carbocycles. The molecule has 0 fully saturated rings. The summed E-state index contributed by atoms with van der Waals surface area (Å²) in [6, 6.07) is 9.89. The average molecular weight is 516 g/mol. The first kappa shape index (κ1) is 25.4. The molecule has 0 radical (unpaired) electrons. The number of pyridine rings is 1. The second kappa shape index (κ2) is 9.90. The van der Waals surface area contributed by atoms with Gasteiger partial charge in [-0.05, 0) is 73.0 Å². The number of thiophene rings is 1. The van der Waals surface area contributed by atoms with Crippen LogP contribution in [0.2, 0.25) is 0 Å². The third-order valence-corrected chi connectivity index (χ3v) is 9.07. The van der Waals surface area contributed by atoms with E-state index in [0.717, 1.165) is 66.2 Å². The van der Waals surface area contributed by atoms with E-state index >= 15 is 0 Å². The van der Waals surface area contributed by atoms with E-state index in [1.54, 1.807) is 0 Å². The predicted octanol–water partition coefficient (Wildman–Crippen LogP) is 6.24. The second-order valence-electron chi connectivity index (χ2n) is 11.5. The van der Waals surface area contributed by atoms with Crippen molar-refractivity contribution >= 4 is 39.1 Å². The number of para-hydroxylation sites is 1. The number of anilines is 1. The molecule has 6 nitrogen and oxygen atoms in total.